The van der Waals surface area contributed by atoms with E-state index < -0.39 is 16.9 Å². The van der Waals surface area contributed by atoms with E-state index in [1.807, 2.05) is 31.2 Å². The highest BCUT2D eigenvalue weighted by Gasteiger charge is 2.35. The SMILES string of the molecule is CCOC(=O)C1=C(C)Nc2nc(SCc3ccc([N+](=O)[O-])cc3)nn2[C@H]1c1ccc(OC)cc1. The number of hydrogen-bond acceptors (Lipinski definition) is 9. The van der Waals surface area contributed by atoms with E-state index in [2.05, 4.69) is 15.4 Å². The van der Waals surface area contributed by atoms with E-state index >= 15 is 0 Å². The van der Waals surface area contributed by atoms with Crippen molar-refractivity contribution in [2.45, 2.75) is 30.8 Å². The molecule has 1 atom stereocenters. The van der Waals surface area contributed by atoms with Gasteiger partial charge in [-0.2, -0.15) is 4.98 Å². The van der Waals surface area contributed by atoms with Gasteiger partial charge in [-0.05, 0) is 37.1 Å². The third-order valence-corrected chi connectivity index (χ3v) is 6.18. The van der Waals surface area contributed by atoms with Gasteiger partial charge in [0.1, 0.15) is 11.8 Å². The minimum Gasteiger partial charge on any atom is -0.497 e. The van der Waals surface area contributed by atoms with E-state index in [1.165, 1.54) is 23.9 Å². The number of nitrogens with zero attached hydrogens (tertiary/aromatic N) is 4. The maximum absolute atomic E-state index is 12.9. The van der Waals surface area contributed by atoms with Crippen LogP contribution in [-0.2, 0) is 15.3 Å². The van der Waals surface area contributed by atoms with Crippen molar-refractivity contribution in [3.63, 3.8) is 0 Å². The van der Waals surface area contributed by atoms with Crippen molar-refractivity contribution in [3.8, 4) is 5.75 Å². The van der Waals surface area contributed by atoms with Gasteiger partial charge in [-0.3, -0.25) is 10.1 Å². The summed E-state index contributed by atoms with van der Waals surface area (Å²) in [4.78, 5) is 27.9. The first-order chi connectivity index (χ1) is 16.4. The molecule has 176 valence electrons. The minimum atomic E-state index is -0.526. The van der Waals surface area contributed by atoms with Crippen LogP contribution in [0.15, 0.2) is 65.0 Å². The Labute approximate surface area is 200 Å². The lowest BCUT2D eigenvalue weighted by Crippen LogP contribution is -2.29. The molecule has 0 unspecified atom stereocenters. The van der Waals surface area contributed by atoms with E-state index in [0.717, 1.165) is 11.1 Å². The number of thioether (sulfide) groups is 1. The number of allylic oxidation sites excluding steroid dienone is 1. The number of benzene rings is 2. The number of nitro groups is 1. The summed E-state index contributed by atoms with van der Waals surface area (Å²) >= 11 is 1.40. The van der Waals surface area contributed by atoms with Crippen LogP contribution in [0.25, 0.3) is 0 Å². The summed E-state index contributed by atoms with van der Waals surface area (Å²) in [5, 5.41) is 19.2. The number of ether oxygens (including phenoxy) is 2. The Hall–Kier alpha value is -3.86. The molecule has 0 saturated heterocycles. The maximum atomic E-state index is 12.9. The number of nitro benzene ring substituents is 1. The molecule has 0 bridgehead atoms. The lowest BCUT2D eigenvalue weighted by Gasteiger charge is -2.28. The van der Waals surface area contributed by atoms with Crippen LogP contribution in [-0.4, -0.2) is 39.4 Å². The van der Waals surface area contributed by atoms with Crippen LogP contribution in [0.4, 0.5) is 11.6 Å². The molecule has 1 aromatic heterocycles. The molecule has 10 nitrogen and oxygen atoms in total. The van der Waals surface area contributed by atoms with Gasteiger partial charge in [0.05, 0.1) is 24.2 Å². The molecule has 11 heteroatoms. The molecule has 2 heterocycles. The zero-order valence-electron chi connectivity index (χ0n) is 18.8. The van der Waals surface area contributed by atoms with Gasteiger partial charge in [0.25, 0.3) is 5.69 Å². The number of anilines is 1. The second-order valence-electron chi connectivity index (χ2n) is 7.43. The number of aromatic nitrogens is 3. The molecule has 2 aromatic carbocycles. The summed E-state index contributed by atoms with van der Waals surface area (Å²) in [5.41, 5.74) is 2.89. The number of nitrogens with one attached hydrogen (secondary N) is 1. The van der Waals surface area contributed by atoms with E-state index in [4.69, 9.17) is 9.47 Å². The normalized spacial score (nSPS) is 14.9. The third-order valence-electron chi connectivity index (χ3n) is 5.28. The van der Waals surface area contributed by atoms with E-state index in [1.54, 1.807) is 30.8 Å². The molecule has 0 fully saturated rings. The van der Waals surface area contributed by atoms with Crippen molar-refractivity contribution >= 4 is 29.4 Å². The number of esters is 1. The first-order valence-corrected chi connectivity index (χ1v) is 11.5. The molecule has 1 aliphatic rings. The van der Waals surface area contributed by atoms with Crippen molar-refractivity contribution in [3.05, 3.63) is 81.0 Å². The zero-order valence-corrected chi connectivity index (χ0v) is 19.7. The Balaban J connectivity index is 1.64. The van der Waals surface area contributed by atoms with E-state index in [-0.39, 0.29) is 12.3 Å². The number of methoxy groups -OCH3 is 1. The fraction of sp³-hybridized carbons (Fsp3) is 0.261. The van der Waals surface area contributed by atoms with Crippen LogP contribution < -0.4 is 10.1 Å². The first kappa shape index (κ1) is 23.3. The lowest BCUT2D eigenvalue weighted by atomic mass is 9.96. The van der Waals surface area contributed by atoms with Crippen molar-refractivity contribution in [2.75, 3.05) is 19.0 Å². The summed E-state index contributed by atoms with van der Waals surface area (Å²) in [6.45, 7) is 3.83. The van der Waals surface area contributed by atoms with Crippen LogP contribution >= 0.6 is 11.8 Å². The molecule has 1 N–H and O–H groups in total. The Kier molecular flexibility index (Phi) is 6.82. The zero-order chi connectivity index (χ0) is 24.2. The molecule has 0 amide bonds. The van der Waals surface area contributed by atoms with Gasteiger partial charge in [-0.25, -0.2) is 9.48 Å². The molecular weight excluding hydrogens is 458 g/mol. The Morgan fingerprint density at radius 1 is 1.21 bits per heavy atom. The molecule has 0 aliphatic carbocycles. The number of carbonyl (C=O) groups is 1. The average molecular weight is 482 g/mol. The molecular formula is C23H23N5O5S. The fourth-order valence-electron chi connectivity index (χ4n) is 3.62. The topological polar surface area (TPSA) is 121 Å². The van der Waals surface area contributed by atoms with Crippen LogP contribution in [0.2, 0.25) is 0 Å². The number of non-ortho nitro benzene ring substituents is 1. The highest BCUT2D eigenvalue weighted by molar-refractivity contribution is 7.98. The quantitative estimate of drug-likeness (QED) is 0.217. The van der Waals surface area contributed by atoms with Gasteiger partial charge in [0.15, 0.2) is 0 Å². The standard InChI is InChI=1S/C23H23N5O5S/c1-4-33-21(29)19-14(2)24-22-25-23(34-13-15-5-9-17(10-6-15)28(30)31)26-27(22)20(19)16-7-11-18(32-3)12-8-16/h5-12,20H,4,13H2,1-3H3,(H,24,25,26)/t20-/m0/s1. The van der Waals surface area contributed by atoms with Gasteiger partial charge in [-0.1, -0.05) is 36.0 Å². The van der Waals surface area contributed by atoms with Gasteiger partial charge >= 0.3 is 5.97 Å². The Morgan fingerprint density at radius 2 is 1.91 bits per heavy atom. The predicted octanol–water partition coefficient (Wildman–Crippen LogP) is 4.34. The molecule has 0 radical (unpaired) electrons. The van der Waals surface area contributed by atoms with Crippen LogP contribution in [0.1, 0.15) is 31.0 Å². The van der Waals surface area contributed by atoms with Crippen molar-refractivity contribution in [2.24, 2.45) is 0 Å². The molecule has 34 heavy (non-hydrogen) atoms. The smallest absolute Gasteiger partial charge is 0.338 e. The summed E-state index contributed by atoms with van der Waals surface area (Å²) in [6, 6.07) is 13.3. The van der Waals surface area contributed by atoms with E-state index in [0.29, 0.717) is 33.9 Å². The number of rotatable bonds is 8. The van der Waals surface area contributed by atoms with Gasteiger partial charge in [-0.15, -0.1) is 5.10 Å². The lowest BCUT2D eigenvalue weighted by molar-refractivity contribution is -0.384. The van der Waals surface area contributed by atoms with E-state index in [9.17, 15) is 14.9 Å². The van der Waals surface area contributed by atoms with Crippen LogP contribution in [0.3, 0.4) is 0 Å². The first-order valence-electron chi connectivity index (χ1n) is 10.5. The van der Waals surface area contributed by atoms with Crippen molar-refractivity contribution in [1.82, 2.24) is 14.8 Å². The van der Waals surface area contributed by atoms with Crippen LogP contribution in [0, 0.1) is 10.1 Å². The number of hydrogen-bond donors (Lipinski definition) is 1. The Bertz CT molecular complexity index is 1240. The molecule has 4 rings (SSSR count). The molecule has 0 saturated carbocycles. The highest BCUT2D eigenvalue weighted by atomic mass is 32.2. The third kappa shape index (κ3) is 4.74. The van der Waals surface area contributed by atoms with Gasteiger partial charge < -0.3 is 14.8 Å². The number of fused-ring (bicyclic) bond motifs is 1. The summed E-state index contributed by atoms with van der Waals surface area (Å²) in [6.07, 6.45) is 0. The predicted molar refractivity (Wildman–Crippen MR) is 127 cm³/mol. The second-order valence-corrected chi connectivity index (χ2v) is 8.38. The van der Waals surface area contributed by atoms with Crippen molar-refractivity contribution < 1.29 is 19.2 Å². The monoisotopic (exact) mass is 481 g/mol. The summed E-state index contributed by atoms with van der Waals surface area (Å²) in [5.74, 6) is 1.33. The van der Waals surface area contributed by atoms with Gasteiger partial charge in [0.2, 0.25) is 11.1 Å². The highest BCUT2D eigenvalue weighted by Crippen LogP contribution is 2.37. The van der Waals surface area contributed by atoms with Gasteiger partial charge in [0, 0.05) is 23.6 Å². The number of carbonyl (C=O) groups excluding carboxylic acids is 1. The summed E-state index contributed by atoms with van der Waals surface area (Å²) < 4.78 is 12.3. The second kappa shape index (κ2) is 9.96. The maximum Gasteiger partial charge on any atom is 0.338 e. The van der Waals surface area contributed by atoms with Crippen LogP contribution in [0.5, 0.6) is 5.75 Å². The molecule has 1 aliphatic heterocycles. The Morgan fingerprint density at radius 3 is 2.53 bits per heavy atom. The fourth-order valence-corrected chi connectivity index (χ4v) is 4.41. The largest absolute Gasteiger partial charge is 0.497 e. The summed E-state index contributed by atoms with van der Waals surface area (Å²) in [7, 11) is 1.59. The average Bonchev–Trinajstić information content (AvgIpc) is 3.24. The van der Waals surface area contributed by atoms with Crippen molar-refractivity contribution in [1.29, 1.82) is 0 Å². The molecule has 3 aromatic rings. The minimum absolute atomic E-state index is 0.0453. The molecule has 0 spiro atoms.